The Hall–Kier alpha value is -1.91. The first kappa shape index (κ1) is 9.64. The first-order chi connectivity index (χ1) is 7.20. The van der Waals surface area contributed by atoms with Gasteiger partial charge in [0, 0.05) is 5.56 Å². The molecule has 0 atom stereocenters. The second-order valence-corrected chi connectivity index (χ2v) is 2.93. The first-order valence-corrected chi connectivity index (χ1v) is 4.25. The van der Waals surface area contributed by atoms with Gasteiger partial charge >= 0.3 is 0 Å². The maximum absolute atomic E-state index is 13.3. The van der Waals surface area contributed by atoms with Crippen LogP contribution in [0.4, 0.5) is 8.78 Å². The van der Waals surface area contributed by atoms with Crippen LogP contribution in [-0.4, -0.2) is 17.1 Å². The fourth-order valence-corrected chi connectivity index (χ4v) is 1.25. The molecule has 1 N–H and O–H groups in total. The molecule has 0 aliphatic rings. The summed E-state index contributed by atoms with van der Waals surface area (Å²) in [5.74, 6) is -1.01. The average Bonchev–Trinajstić information content (AvgIpc) is 2.70. The van der Waals surface area contributed by atoms with Crippen molar-refractivity contribution in [2.24, 2.45) is 0 Å². The van der Waals surface area contributed by atoms with Gasteiger partial charge in [-0.1, -0.05) is 0 Å². The van der Waals surface area contributed by atoms with Gasteiger partial charge in [0.2, 0.25) is 0 Å². The lowest BCUT2D eigenvalue weighted by Crippen LogP contribution is -1.87. The number of aromatic nitrogens is 2. The first-order valence-electron chi connectivity index (χ1n) is 4.25. The molecule has 0 aliphatic carbocycles. The molecule has 0 amide bonds. The van der Waals surface area contributed by atoms with Crippen LogP contribution in [0.3, 0.4) is 0 Å². The van der Waals surface area contributed by atoms with Crippen LogP contribution in [0.5, 0.6) is 6.01 Å². The molecule has 0 saturated carbocycles. The largest absolute Gasteiger partial charge is 0.468 e. The summed E-state index contributed by atoms with van der Waals surface area (Å²) >= 11 is 0. The number of imidazole rings is 1. The molecule has 2 aromatic rings. The number of benzene rings is 1. The normalized spacial score (nSPS) is 10.3. The van der Waals surface area contributed by atoms with Crippen LogP contribution in [0, 0.1) is 11.6 Å². The molecule has 0 bridgehead atoms. The average molecular weight is 210 g/mol. The number of nitrogens with one attached hydrogen (secondary N) is 1. The third-order valence-electron chi connectivity index (χ3n) is 1.96. The lowest BCUT2D eigenvalue weighted by molar-refractivity contribution is 0.384. The molecule has 0 fully saturated rings. The number of hydrogen-bond acceptors (Lipinski definition) is 2. The zero-order chi connectivity index (χ0) is 10.8. The monoisotopic (exact) mass is 210 g/mol. The van der Waals surface area contributed by atoms with Gasteiger partial charge in [0.15, 0.2) is 0 Å². The van der Waals surface area contributed by atoms with E-state index in [0.717, 1.165) is 18.2 Å². The van der Waals surface area contributed by atoms with Crippen LogP contribution in [0.15, 0.2) is 24.4 Å². The van der Waals surface area contributed by atoms with Gasteiger partial charge in [-0.15, -0.1) is 0 Å². The number of H-pyrrole nitrogens is 1. The number of methoxy groups -OCH3 is 1. The van der Waals surface area contributed by atoms with E-state index in [1.54, 1.807) is 0 Å². The molecule has 0 radical (unpaired) electrons. The topological polar surface area (TPSA) is 37.9 Å². The van der Waals surface area contributed by atoms with E-state index in [1.807, 2.05) is 0 Å². The second kappa shape index (κ2) is 3.68. The summed E-state index contributed by atoms with van der Waals surface area (Å²) in [6.45, 7) is 0. The summed E-state index contributed by atoms with van der Waals surface area (Å²) in [5, 5.41) is 0. The Kier molecular flexibility index (Phi) is 2.37. The van der Waals surface area contributed by atoms with E-state index in [-0.39, 0.29) is 11.6 Å². The summed E-state index contributed by atoms with van der Waals surface area (Å²) in [6, 6.07) is 3.49. The van der Waals surface area contributed by atoms with Crippen LogP contribution in [0.1, 0.15) is 0 Å². The number of rotatable bonds is 2. The van der Waals surface area contributed by atoms with E-state index >= 15 is 0 Å². The minimum absolute atomic E-state index is 0.130. The number of nitrogens with zero attached hydrogens (tertiary/aromatic N) is 1. The van der Waals surface area contributed by atoms with E-state index in [4.69, 9.17) is 4.74 Å². The maximum atomic E-state index is 13.3. The predicted molar refractivity (Wildman–Crippen MR) is 50.5 cm³/mol. The van der Waals surface area contributed by atoms with Crippen molar-refractivity contribution in [3.8, 4) is 17.3 Å². The second-order valence-electron chi connectivity index (χ2n) is 2.93. The molecule has 1 heterocycles. The van der Waals surface area contributed by atoms with Gasteiger partial charge in [0.1, 0.15) is 11.6 Å². The Morgan fingerprint density at radius 1 is 1.33 bits per heavy atom. The SMILES string of the molecule is COc1ncc(-c2cc(F)ccc2F)[nH]1. The molecule has 2 rings (SSSR count). The van der Waals surface area contributed by atoms with Crippen molar-refractivity contribution in [2.75, 3.05) is 7.11 Å². The van der Waals surface area contributed by atoms with Crippen molar-refractivity contribution in [2.45, 2.75) is 0 Å². The summed E-state index contributed by atoms with van der Waals surface area (Å²) in [5.41, 5.74) is 0.509. The van der Waals surface area contributed by atoms with Gasteiger partial charge in [-0.3, -0.25) is 0 Å². The van der Waals surface area contributed by atoms with E-state index in [9.17, 15) is 8.78 Å². The van der Waals surface area contributed by atoms with Crippen molar-refractivity contribution in [3.05, 3.63) is 36.0 Å². The third-order valence-corrected chi connectivity index (χ3v) is 1.96. The number of aromatic amines is 1. The summed E-state index contributed by atoms with van der Waals surface area (Å²) < 4.78 is 31.0. The maximum Gasteiger partial charge on any atom is 0.293 e. The van der Waals surface area contributed by atoms with Crippen LogP contribution in [-0.2, 0) is 0 Å². The zero-order valence-corrected chi connectivity index (χ0v) is 7.92. The standard InChI is InChI=1S/C10H8F2N2O/c1-15-10-13-5-9(14-10)7-4-6(11)2-3-8(7)12/h2-5H,1H3,(H,13,14). The van der Waals surface area contributed by atoms with Gasteiger partial charge in [0.25, 0.3) is 6.01 Å². The molecular weight excluding hydrogens is 202 g/mol. The molecular formula is C10H8F2N2O. The Labute approximate surface area is 84.7 Å². The number of ether oxygens (including phenoxy) is 1. The summed E-state index contributed by atoms with van der Waals surface area (Å²) in [7, 11) is 1.44. The highest BCUT2D eigenvalue weighted by Gasteiger charge is 2.09. The lowest BCUT2D eigenvalue weighted by atomic mass is 10.1. The van der Waals surface area contributed by atoms with Gasteiger partial charge in [-0.05, 0) is 18.2 Å². The smallest absolute Gasteiger partial charge is 0.293 e. The fourth-order valence-electron chi connectivity index (χ4n) is 1.25. The zero-order valence-electron chi connectivity index (χ0n) is 7.92. The molecule has 0 aliphatic heterocycles. The van der Waals surface area contributed by atoms with Crippen molar-refractivity contribution >= 4 is 0 Å². The quantitative estimate of drug-likeness (QED) is 0.826. The van der Waals surface area contributed by atoms with Gasteiger partial charge in [0.05, 0.1) is 19.0 Å². The Morgan fingerprint density at radius 2 is 2.13 bits per heavy atom. The molecule has 0 spiro atoms. The molecule has 1 aromatic carbocycles. The van der Waals surface area contributed by atoms with E-state index in [1.165, 1.54) is 13.3 Å². The Morgan fingerprint density at radius 3 is 2.80 bits per heavy atom. The van der Waals surface area contributed by atoms with Crippen LogP contribution < -0.4 is 4.74 Å². The molecule has 5 heteroatoms. The third kappa shape index (κ3) is 1.81. The van der Waals surface area contributed by atoms with Gasteiger partial charge in [-0.2, -0.15) is 0 Å². The fraction of sp³-hybridized carbons (Fsp3) is 0.100. The number of halogens is 2. The van der Waals surface area contributed by atoms with Gasteiger partial charge < -0.3 is 9.72 Å². The molecule has 78 valence electrons. The van der Waals surface area contributed by atoms with Crippen LogP contribution >= 0.6 is 0 Å². The van der Waals surface area contributed by atoms with Crippen molar-refractivity contribution in [1.29, 1.82) is 0 Å². The predicted octanol–water partition coefficient (Wildman–Crippen LogP) is 2.36. The number of hydrogen-bond donors (Lipinski definition) is 1. The Balaban J connectivity index is 2.48. The minimum Gasteiger partial charge on any atom is -0.468 e. The molecule has 0 saturated heterocycles. The van der Waals surface area contributed by atoms with Crippen molar-refractivity contribution < 1.29 is 13.5 Å². The van der Waals surface area contributed by atoms with Crippen molar-refractivity contribution in [3.63, 3.8) is 0 Å². The molecule has 3 nitrogen and oxygen atoms in total. The van der Waals surface area contributed by atoms with E-state index in [0.29, 0.717) is 5.69 Å². The van der Waals surface area contributed by atoms with Crippen LogP contribution in [0.25, 0.3) is 11.3 Å². The van der Waals surface area contributed by atoms with E-state index in [2.05, 4.69) is 9.97 Å². The van der Waals surface area contributed by atoms with Crippen molar-refractivity contribution in [1.82, 2.24) is 9.97 Å². The summed E-state index contributed by atoms with van der Waals surface area (Å²) in [4.78, 5) is 6.52. The van der Waals surface area contributed by atoms with Crippen LogP contribution in [0.2, 0.25) is 0 Å². The van der Waals surface area contributed by atoms with E-state index < -0.39 is 11.6 Å². The summed E-state index contributed by atoms with van der Waals surface area (Å²) in [6.07, 6.45) is 1.39. The van der Waals surface area contributed by atoms with Gasteiger partial charge in [-0.25, -0.2) is 13.8 Å². The Bertz CT molecular complexity index is 482. The molecule has 15 heavy (non-hydrogen) atoms. The minimum atomic E-state index is -0.511. The highest BCUT2D eigenvalue weighted by Crippen LogP contribution is 2.23. The highest BCUT2D eigenvalue weighted by atomic mass is 19.1. The lowest BCUT2D eigenvalue weighted by Gasteiger charge is -1.99. The molecule has 1 aromatic heterocycles. The molecule has 0 unspecified atom stereocenters. The highest BCUT2D eigenvalue weighted by molar-refractivity contribution is 5.59.